The van der Waals surface area contributed by atoms with Gasteiger partial charge in [0, 0.05) is 7.11 Å². The number of ether oxygens (including phenoxy) is 2. The minimum absolute atomic E-state index is 0.309. The fraction of sp³-hybridized carbons (Fsp3) is 0.417. The smallest absolute Gasteiger partial charge is 0.340 e. The first-order valence-electron chi connectivity index (χ1n) is 5.16. The Bertz CT molecular complexity index is 369. The molecule has 94 valence electrons. The normalized spacial score (nSPS) is 14.1. The van der Waals surface area contributed by atoms with Crippen molar-refractivity contribution in [3.05, 3.63) is 29.8 Å². The van der Waals surface area contributed by atoms with Gasteiger partial charge in [-0.25, -0.2) is 4.79 Å². The number of benzene rings is 1. The van der Waals surface area contributed by atoms with Gasteiger partial charge in [0.25, 0.3) is 0 Å². The Labute approximate surface area is 99.6 Å². The van der Waals surface area contributed by atoms with Gasteiger partial charge in [-0.2, -0.15) is 0 Å². The topological polar surface area (TPSA) is 76.0 Å². The summed E-state index contributed by atoms with van der Waals surface area (Å²) in [5.74, 6) is -0.683. The van der Waals surface area contributed by atoms with Crippen molar-refractivity contribution in [2.75, 3.05) is 20.3 Å². The molecule has 0 aliphatic rings. The van der Waals surface area contributed by atoms with Crippen molar-refractivity contribution in [1.82, 2.24) is 0 Å². The zero-order chi connectivity index (χ0) is 12.9. The summed E-state index contributed by atoms with van der Waals surface area (Å²) in [4.78, 5) is 10.8. The zero-order valence-electron chi connectivity index (χ0n) is 9.84. The lowest BCUT2D eigenvalue weighted by molar-refractivity contribution is -0.157. The van der Waals surface area contributed by atoms with Gasteiger partial charge < -0.3 is 19.7 Å². The van der Waals surface area contributed by atoms with Crippen LogP contribution in [0.4, 0.5) is 0 Å². The molecule has 1 unspecified atom stereocenters. The predicted molar refractivity (Wildman–Crippen MR) is 61.0 cm³/mol. The Balaban J connectivity index is 2.71. The van der Waals surface area contributed by atoms with E-state index in [1.807, 2.05) is 0 Å². The Kier molecular flexibility index (Phi) is 4.48. The molecule has 1 atom stereocenters. The molecule has 0 bridgehead atoms. The van der Waals surface area contributed by atoms with Gasteiger partial charge in [-0.3, -0.25) is 0 Å². The van der Waals surface area contributed by atoms with E-state index in [0.29, 0.717) is 24.5 Å². The Hall–Kier alpha value is -1.59. The number of rotatable bonds is 6. The molecule has 0 aromatic heterocycles. The van der Waals surface area contributed by atoms with E-state index in [1.54, 1.807) is 19.2 Å². The maximum Gasteiger partial charge on any atom is 0.340 e. The number of aliphatic carboxylic acids is 1. The Morgan fingerprint density at radius 3 is 2.35 bits per heavy atom. The second kappa shape index (κ2) is 5.65. The van der Waals surface area contributed by atoms with Crippen LogP contribution in [-0.4, -0.2) is 36.5 Å². The van der Waals surface area contributed by atoms with Crippen molar-refractivity contribution < 1.29 is 24.5 Å². The molecule has 2 N–H and O–H groups in total. The summed E-state index contributed by atoms with van der Waals surface area (Å²) in [7, 11) is 1.58. The molecule has 0 aliphatic heterocycles. The average molecular weight is 240 g/mol. The van der Waals surface area contributed by atoms with Gasteiger partial charge in [-0.1, -0.05) is 12.1 Å². The maximum absolute atomic E-state index is 10.8. The van der Waals surface area contributed by atoms with Crippen LogP contribution in [0.3, 0.4) is 0 Å². The van der Waals surface area contributed by atoms with Gasteiger partial charge in [0.15, 0.2) is 5.60 Å². The van der Waals surface area contributed by atoms with Crippen LogP contribution in [0.15, 0.2) is 24.3 Å². The fourth-order valence-corrected chi connectivity index (χ4v) is 1.24. The standard InChI is InChI=1S/C12H16O5/c1-12(15,11(13)14)9-3-5-10(6-4-9)17-8-7-16-2/h3-6,15H,7-8H2,1-2H3,(H,13,14). The first kappa shape index (κ1) is 13.5. The predicted octanol–water partition coefficient (Wildman–Crippen LogP) is 1.00. The lowest BCUT2D eigenvalue weighted by Crippen LogP contribution is -2.31. The van der Waals surface area contributed by atoms with E-state index in [2.05, 4.69) is 0 Å². The lowest BCUT2D eigenvalue weighted by atomic mass is 9.96. The van der Waals surface area contributed by atoms with Crippen LogP contribution in [0.5, 0.6) is 5.75 Å². The van der Waals surface area contributed by atoms with Crippen LogP contribution in [-0.2, 0) is 15.1 Å². The Morgan fingerprint density at radius 1 is 1.29 bits per heavy atom. The molecule has 17 heavy (non-hydrogen) atoms. The van der Waals surface area contributed by atoms with Crippen molar-refractivity contribution in [2.45, 2.75) is 12.5 Å². The number of hydrogen-bond acceptors (Lipinski definition) is 4. The van der Waals surface area contributed by atoms with Crippen LogP contribution >= 0.6 is 0 Å². The van der Waals surface area contributed by atoms with Crippen molar-refractivity contribution in [3.63, 3.8) is 0 Å². The summed E-state index contributed by atoms with van der Waals surface area (Å²) in [6.07, 6.45) is 0. The summed E-state index contributed by atoms with van der Waals surface area (Å²) in [5.41, 5.74) is -1.57. The highest BCUT2D eigenvalue weighted by Crippen LogP contribution is 2.23. The summed E-state index contributed by atoms with van der Waals surface area (Å²) in [6, 6.07) is 6.28. The number of carbonyl (C=O) groups is 1. The average Bonchev–Trinajstić information content (AvgIpc) is 2.30. The molecule has 0 saturated carbocycles. The molecule has 1 rings (SSSR count). The second-order valence-corrected chi connectivity index (χ2v) is 3.74. The highest BCUT2D eigenvalue weighted by atomic mass is 16.5. The first-order chi connectivity index (χ1) is 7.98. The molecule has 0 fully saturated rings. The lowest BCUT2D eigenvalue weighted by Gasteiger charge is -2.18. The molecule has 1 aromatic rings. The van der Waals surface area contributed by atoms with Gasteiger partial charge >= 0.3 is 5.97 Å². The second-order valence-electron chi connectivity index (χ2n) is 3.74. The third-order valence-corrected chi connectivity index (χ3v) is 2.39. The third kappa shape index (κ3) is 3.44. The van der Waals surface area contributed by atoms with E-state index < -0.39 is 11.6 Å². The first-order valence-corrected chi connectivity index (χ1v) is 5.16. The van der Waals surface area contributed by atoms with Crippen LogP contribution in [0.25, 0.3) is 0 Å². The van der Waals surface area contributed by atoms with Crippen LogP contribution in [0, 0.1) is 0 Å². The molecule has 0 aliphatic carbocycles. The monoisotopic (exact) mass is 240 g/mol. The highest BCUT2D eigenvalue weighted by molar-refractivity contribution is 5.78. The van der Waals surface area contributed by atoms with E-state index in [0.717, 1.165) is 0 Å². The van der Waals surface area contributed by atoms with Gasteiger partial charge in [0.2, 0.25) is 0 Å². The Morgan fingerprint density at radius 2 is 1.88 bits per heavy atom. The van der Waals surface area contributed by atoms with E-state index in [9.17, 15) is 9.90 Å². The van der Waals surface area contributed by atoms with E-state index >= 15 is 0 Å². The molecule has 1 aromatic carbocycles. The quantitative estimate of drug-likeness (QED) is 0.725. The molecule has 5 heteroatoms. The van der Waals surface area contributed by atoms with Gasteiger partial charge in [-0.05, 0) is 24.6 Å². The van der Waals surface area contributed by atoms with Gasteiger partial charge in [0.05, 0.1) is 6.61 Å². The number of hydrogen-bond donors (Lipinski definition) is 2. The molecule has 5 nitrogen and oxygen atoms in total. The van der Waals surface area contributed by atoms with E-state index in [4.69, 9.17) is 14.6 Å². The molecular weight excluding hydrogens is 224 g/mol. The number of methoxy groups -OCH3 is 1. The number of carboxylic acids is 1. The fourth-order valence-electron chi connectivity index (χ4n) is 1.24. The molecule has 0 spiro atoms. The summed E-state index contributed by atoms with van der Waals surface area (Å²) in [6.45, 7) is 2.13. The highest BCUT2D eigenvalue weighted by Gasteiger charge is 2.31. The summed E-state index contributed by atoms with van der Waals surface area (Å²) >= 11 is 0. The molecule has 0 heterocycles. The van der Waals surface area contributed by atoms with Crippen LogP contribution < -0.4 is 4.74 Å². The maximum atomic E-state index is 10.8. The van der Waals surface area contributed by atoms with Crippen LogP contribution in [0.1, 0.15) is 12.5 Å². The van der Waals surface area contributed by atoms with Gasteiger partial charge in [-0.15, -0.1) is 0 Å². The van der Waals surface area contributed by atoms with Crippen molar-refractivity contribution in [3.8, 4) is 5.75 Å². The zero-order valence-corrected chi connectivity index (χ0v) is 9.84. The van der Waals surface area contributed by atoms with E-state index in [1.165, 1.54) is 19.1 Å². The third-order valence-electron chi connectivity index (χ3n) is 2.39. The molecule has 0 saturated heterocycles. The largest absolute Gasteiger partial charge is 0.491 e. The minimum Gasteiger partial charge on any atom is -0.491 e. The molecule has 0 radical (unpaired) electrons. The molecular formula is C12H16O5. The van der Waals surface area contributed by atoms with Crippen LogP contribution in [0.2, 0.25) is 0 Å². The minimum atomic E-state index is -1.88. The molecule has 0 amide bonds. The summed E-state index contributed by atoms with van der Waals surface area (Å²) < 4.78 is 10.2. The summed E-state index contributed by atoms with van der Waals surface area (Å²) in [5, 5.41) is 18.5. The van der Waals surface area contributed by atoms with Crippen molar-refractivity contribution >= 4 is 5.97 Å². The van der Waals surface area contributed by atoms with Crippen molar-refractivity contribution in [2.24, 2.45) is 0 Å². The number of carboxylic acid groups (broad SMARTS) is 1. The number of aliphatic hydroxyl groups is 1. The SMILES string of the molecule is COCCOc1ccc(C(C)(O)C(=O)O)cc1. The van der Waals surface area contributed by atoms with E-state index in [-0.39, 0.29) is 0 Å². The van der Waals surface area contributed by atoms with Crippen molar-refractivity contribution in [1.29, 1.82) is 0 Å². The van der Waals surface area contributed by atoms with Gasteiger partial charge in [0.1, 0.15) is 12.4 Å².